The molecule has 1 aliphatic rings. The van der Waals surface area contributed by atoms with Crippen molar-refractivity contribution >= 4 is 29.2 Å². The highest BCUT2D eigenvalue weighted by molar-refractivity contribution is 7.09. The van der Waals surface area contributed by atoms with Crippen LogP contribution in [0.25, 0.3) is 0 Å². The lowest BCUT2D eigenvalue weighted by molar-refractivity contribution is -0.131. The van der Waals surface area contributed by atoms with E-state index >= 15 is 0 Å². The van der Waals surface area contributed by atoms with Crippen LogP contribution in [0.4, 0.5) is 4.79 Å². The van der Waals surface area contributed by atoms with Gasteiger partial charge in [0.05, 0.1) is 18.7 Å². The molecule has 158 valence electrons. The number of rotatable bonds is 6. The van der Waals surface area contributed by atoms with Gasteiger partial charge in [-0.1, -0.05) is 60.7 Å². The Morgan fingerprint density at radius 3 is 2.16 bits per heavy atom. The monoisotopic (exact) mass is 434 g/mol. The second-order valence-corrected chi connectivity index (χ2v) is 8.44. The quantitative estimate of drug-likeness (QED) is 0.605. The molecule has 2 heterocycles. The number of hydrogen-bond donors (Lipinski definition) is 1. The van der Waals surface area contributed by atoms with Gasteiger partial charge < -0.3 is 10.2 Å². The summed E-state index contributed by atoms with van der Waals surface area (Å²) in [4.78, 5) is 45.7. The number of nitrogens with one attached hydrogen (secondary N) is 1. The molecular formula is C23H22N4O3S. The number of amides is 4. The number of thiazole rings is 1. The van der Waals surface area contributed by atoms with Crippen LogP contribution in [0, 0.1) is 0 Å². The number of aromatic nitrogens is 1. The van der Waals surface area contributed by atoms with Gasteiger partial charge in [-0.15, -0.1) is 11.3 Å². The fraction of sp³-hybridized carbons (Fsp3) is 0.217. The molecule has 8 heteroatoms. The zero-order chi connectivity index (χ0) is 22.0. The van der Waals surface area contributed by atoms with E-state index in [-0.39, 0.29) is 24.8 Å². The Morgan fingerprint density at radius 2 is 1.61 bits per heavy atom. The number of urea groups is 1. The van der Waals surface area contributed by atoms with Crippen LogP contribution in [0.1, 0.15) is 21.8 Å². The third kappa shape index (κ3) is 3.82. The maximum Gasteiger partial charge on any atom is 0.325 e. The first-order chi connectivity index (χ1) is 14.9. The van der Waals surface area contributed by atoms with Crippen molar-refractivity contribution in [2.45, 2.75) is 18.5 Å². The minimum Gasteiger partial charge on any atom is -0.348 e. The van der Waals surface area contributed by atoms with Crippen molar-refractivity contribution < 1.29 is 14.4 Å². The number of hydrogen-bond acceptors (Lipinski definition) is 5. The van der Waals surface area contributed by atoms with Crippen LogP contribution >= 0.6 is 11.3 Å². The molecule has 0 spiro atoms. The minimum atomic E-state index is -1.29. The molecule has 4 rings (SSSR count). The van der Waals surface area contributed by atoms with E-state index in [0.29, 0.717) is 21.8 Å². The van der Waals surface area contributed by atoms with E-state index in [2.05, 4.69) is 10.3 Å². The largest absolute Gasteiger partial charge is 0.348 e. The van der Waals surface area contributed by atoms with Crippen molar-refractivity contribution in [2.24, 2.45) is 0 Å². The van der Waals surface area contributed by atoms with Crippen molar-refractivity contribution in [2.75, 3.05) is 14.1 Å². The zero-order valence-electron chi connectivity index (χ0n) is 17.2. The van der Waals surface area contributed by atoms with Crippen LogP contribution in [-0.2, 0) is 28.1 Å². The summed E-state index contributed by atoms with van der Waals surface area (Å²) in [5, 5.41) is 5.36. The van der Waals surface area contributed by atoms with Gasteiger partial charge in [0, 0.05) is 19.5 Å². The van der Waals surface area contributed by atoms with Crippen molar-refractivity contribution in [3.05, 3.63) is 87.9 Å². The summed E-state index contributed by atoms with van der Waals surface area (Å²) in [6.07, 6.45) is 0.190. The molecule has 4 amide bonds. The van der Waals surface area contributed by atoms with E-state index in [1.807, 2.05) is 60.7 Å². The molecule has 0 unspecified atom stereocenters. The Kier molecular flexibility index (Phi) is 5.56. The van der Waals surface area contributed by atoms with Gasteiger partial charge in [-0.2, -0.15) is 0 Å². The van der Waals surface area contributed by atoms with Gasteiger partial charge in [-0.05, 0) is 11.1 Å². The lowest BCUT2D eigenvalue weighted by atomic mass is 9.82. The Morgan fingerprint density at radius 1 is 1.03 bits per heavy atom. The van der Waals surface area contributed by atoms with Gasteiger partial charge in [-0.3, -0.25) is 14.5 Å². The molecule has 1 aromatic heterocycles. The Hall–Kier alpha value is -3.52. The van der Waals surface area contributed by atoms with E-state index < -0.39 is 11.6 Å². The maximum atomic E-state index is 13.7. The standard InChI is InChI=1S/C23H22N4O3S/c1-26(2)20(28)13-19-24-18(15-31-19)14-27-21(29)23(25-22(27)30,16-9-5-3-6-10-16)17-11-7-4-8-12-17/h3-12,15H,13-14H2,1-2H3,(H,25,30). The topological polar surface area (TPSA) is 82.6 Å². The van der Waals surface area contributed by atoms with Crippen LogP contribution in [0.5, 0.6) is 0 Å². The first kappa shape index (κ1) is 20.7. The van der Waals surface area contributed by atoms with Crippen LogP contribution < -0.4 is 5.32 Å². The fourth-order valence-electron chi connectivity index (χ4n) is 3.61. The summed E-state index contributed by atoms with van der Waals surface area (Å²) in [6.45, 7) is 0.0404. The average molecular weight is 435 g/mol. The van der Waals surface area contributed by atoms with E-state index in [4.69, 9.17) is 0 Å². The Labute approximate surface area is 184 Å². The lowest BCUT2D eigenvalue weighted by Crippen LogP contribution is -2.45. The van der Waals surface area contributed by atoms with Gasteiger partial charge in [0.15, 0.2) is 5.54 Å². The molecule has 0 saturated carbocycles. The van der Waals surface area contributed by atoms with E-state index in [1.54, 1.807) is 19.5 Å². The van der Waals surface area contributed by atoms with Gasteiger partial charge >= 0.3 is 6.03 Å². The molecule has 0 atom stereocenters. The second kappa shape index (κ2) is 8.31. The van der Waals surface area contributed by atoms with E-state index in [0.717, 1.165) is 0 Å². The summed E-state index contributed by atoms with van der Waals surface area (Å²) in [5.74, 6) is -0.406. The van der Waals surface area contributed by atoms with Crippen molar-refractivity contribution in [1.82, 2.24) is 20.1 Å². The molecule has 1 aliphatic heterocycles. The molecular weight excluding hydrogens is 412 g/mol. The maximum absolute atomic E-state index is 13.7. The highest BCUT2D eigenvalue weighted by Gasteiger charge is 2.53. The van der Waals surface area contributed by atoms with Crippen LogP contribution in [0.15, 0.2) is 66.0 Å². The normalized spacial score (nSPS) is 15.1. The Bertz CT molecular complexity index is 1070. The highest BCUT2D eigenvalue weighted by Crippen LogP contribution is 2.36. The number of nitrogens with zero attached hydrogens (tertiary/aromatic N) is 3. The fourth-order valence-corrected chi connectivity index (χ4v) is 4.38. The third-order valence-electron chi connectivity index (χ3n) is 5.24. The second-order valence-electron chi connectivity index (χ2n) is 7.50. The molecule has 0 bridgehead atoms. The zero-order valence-corrected chi connectivity index (χ0v) is 18.1. The predicted octanol–water partition coefficient (Wildman–Crippen LogP) is 2.77. The third-order valence-corrected chi connectivity index (χ3v) is 6.14. The molecule has 7 nitrogen and oxygen atoms in total. The van der Waals surface area contributed by atoms with E-state index in [9.17, 15) is 14.4 Å². The number of carbonyl (C=O) groups is 3. The summed E-state index contributed by atoms with van der Waals surface area (Å²) in [6, 6.07) is 18.0. The molecule has 0 radical (unpaired) electrons. The highest BCUT2D eigenvalue weighted by atomic mass is 32.1. The van der Waals surface area contributed by atoms with Crippen molar-refractivity contribution in [1.29, 1.82) is 0 Å². The molecule has 1 fully saturated rings. The molecule has 3 aromatic rings. The number of carbonyl (C=O) groups excluding carboxylic acids is 3. The van der Waals surface area contributed by atoms with E-state index in [1.165, 1.54) is 21.1 Å². The Balaban J connectivity index is 1.64. The molecule has 31 heavy (non-hydrogen) atoms. The van der Waals surface area contributed by atoms with Gasteiger partial charge in [0.2, 0.25) is 5.91 Å². The van der Waals surface area contributed by atoms with Crippen LogP contribution in [-0.4, -0.2) is 46.7 Å². The lowest BCUT2D eigenvalue weighted by Gasteiger charge is -2.27. The van der Waals surface area contributed by atoms with Crippen molar-refractivity contribution in [3.8, 4) is 0 Å². The summed E-state index contributed by atoms with van der Waals surface area (Å²) >= 11 is 1.35. The number of likely N-dealkylation sites (N-methyl/N-ethyl adjacent to an activating group) is 1. The smallest absolute Gasteiger partial charge is 0.325 e. The number of imide groups is 1. The van der Waals surface area contributed by atoms with Crippen molar-refractivity contribution in [3.63, 3.8) is 0 Å². The van der Waals surface area contributed by atoms with Crippen LogP contribution in [0.3, 0.4) is 0 Å². The first-order valence-corrected chi connectivity index (χ1v) is 10.7. The minimum absolute atomic E-state index is 0.0404. The SMILES string of the molecule is CN(C)C(=O)Cc1nc(CN2C(=O)NC(c3ccccc3)(c3ccccc3)C2=O)cs1. The predicted molar refractivity (Wildman–Crippen MR) is 117 cm³/mol. The molecule has 1 saturated heterocycles. The number of benzene rings is 2. The molecule has 2 aromatic carbocycles. The first-order valence-electron chi connectivity index (χ1n) is 9.80. The van der Waals surface area contributed by atoms with Gasteiger partial charge in [-0.25, -0.2) is 9.78 Å². The summed E-state index contributed by atoms with van der Waals surface area (Å²) < 4.78 is 0. The summed E-state index contributed by atoms with van der Waals surface area (Å²) in [7, 11) is 3.38. The molecule has 1 N–H and O–H groups in total. The average Bonchev–Trinajstić information content (AvgIpc) is 3.32. The summed E-state index contributed by atoms with van der Waals surface area (Å²) in [5.41, 5.74) is 0.668. The van der Waals surface area contributed by atoms with Crippen LogP contribution in [0.2, 0.25) is 0 Å². The van der Waals surface area contributed by atoms with Gasteiger partial charge in [0.1, 0.15) is 5.01 Å². The van der Waals surface area contributed by atoms with Gasteiger partial charge in [0.25, 0.3) is 5.91 Å². The molecule has 0 aliphatic carbocycles.